The Bertz CT molecular complexity index is 328. The van der Waals surface area contributed by atoms with Crippen LogP contribution in [0.4, 0.5) is 5.82 Å². The third-order valence-electron chi connectivity index (χ3n) is 2.31. The molecule has 0 spiro atoms. The number of nitrogens with one attached hydrogen (secondary N) is 1. The number of hydrogen-bond acceptors (Lipinski definition) is 3. The second kappa shape index (κ2) is 5.47. The van der Waals surface area contributed by atoms with Gasteiger partial charge in [-0.2, -0.15) is 0 Å². The van der Waals surface area contributed by atoms with Crippen LogP contribution in [0.1, 0.15) is 19.4 Å². The van der Waals surface area contributed by atoms with Gasteiger partial charge in [0.1, 0.15) is 5.82 Å². The maximum atomic E-state index is 9.61. The summed E-state index contributed by atoms with van der Waals surface area (Å²) in [7, 11) is 0. The van der Waals surface area contributed by atoms with Gasteiger partial charge in [-0.1, -0.05) is 13.8 Å². The SMILES string of the molecule is Cc1cc(NCC(O)C(C)C)ncc1Br. The van der Waals surface area contributed by atoms with Crippen LogP contribution in [0.3, 0.4) is 0 Å². The average molecular weight is 273 g/mol. The fourth-order valence-corrected chi connectivity index (χ4v) is 1.30. The molecular weight excluding hydrogens is 256 g/mol. The highest BCUT2D eigenvalue weighted by Gasteiger charge is 2.08. The van der Waals surface area contributed by atoms with Crippen LogP contribution in [-0.2, 0) is 0 Å². The van der Waals surface area contributed by atoms with E-state index in [1.807, 2.05) is 26.8 Å². The molecule has 3 nitrogen and oxygen atoms in total. The summed E-state index contributed by atoms with van der Waals surface area (Å²) in [5, 5.41) is 12.7. The molecule has 0 radical (unpaired) electrons. The second-order valence-electron chi connectivity index (χ2n) is 4.01. The Morgan fingerprint density at radius 3 is 2.73 bits per heavy atom. The predicted octanol–water partition coefficient (Wildman–Crippen LogP) is 2.58. The van der Waals surface area contributed by atoms with Crippen molar-refractivity contribution < 1.29 is 5.11 Å². The van der Waals surface area contributed by atoms with E-state index in [9.17, 15) is 5.11 Å². The van der Waals surface area contributed by atoms with Crippen molar-refractivity contribution in [3.05, 3.63) is 22.3 Å². The van der Waals surface area contributed by atoms with Crippen LogP contribution in [-0.4, -0.2) is 22.7 Å². The second-order valence-corrected chi connectivity index (χ2v) is 4.87. The Morgan fingerprint density at radius 2 is 2.20 bits per heavy atom. The first-order valence-electron chi connectivity index (χ1n) is 5.04. The maximum Gasteiger partial charge on any atom is 0.126 e. The fraction of sp³-hybridized carbons (Fsp3) is 0.545. The molecule has 1 unspecified atom stereocenters. The quantitative estimate of drug-likeness (QED) is 0.886. The van der Waals surface area contributed by atoms with Crippen molar-refractivity contribution in [2.75, 3.05) is 11.9 Å². The van der Waals surface area contributed by atoms with Crippen LogP contribution >= 0.6 is 15.9 Å². The molecule has 1 aromatic heterocycles. The lowest BCUT2D eigenvalue weighted by molar-refractivity contribution is 0.138. The van der Waals surface area contributed by atoms with Crippen LogP contribution in [0.15, 0.2) is 16.7 Å². The summed E-state index contributed by atoms with van der Waals surface area (Å²) < 4.78 is 0.998. The summed E-state index contributed by atoms with van der Waals surface area (Å²) in [4.78, 5) is 4.20. The van der Waals surface area contributed by atoms with Crippen LogP contribution in [0.2, 0.25) is 0 Å². The van der Waals surface area contributed by atoms with Gasteiger partial charge in [-0.15, -0.1) is 0 Å². The molecule has 0 aliphatic heterocycles. The van der Waals surface area contributed by atoms with Crippen molar-refractivity contribution in [3.63, 3.8) is 0 Å². The molecule has 1 heterocycles. The Balaban J connectivity index is 2.55. The number of pyridine rings is 1. The lowest BCUT2D eigenvalue weighted by Gasteiger charge is -2.15. The van der Waals surface area contributed by atoms with Gasteiger partial charge in [0.25, 0.3) is 0 Å². The summed E-state index contributed by atoms with van der Waals surface area (Å²) in [5.41, 5.74) is 1.13. The lowest BCUT2D eigenvalue weighted by atomic mass is 10.1. The maximum absolute atomic E-state index is 9.61. The third-order valence-corrected chi connectivity index (χ3v) is 3.14. The number of aliphatic hydroxyl groups is 1. The lowest BCUT2D eigenvalue weighted by Crippen LogP contribution is -2.25. The van der Waals surface area contributed by atoms with Crippen LogP contribution < -0.4 is 5.32 Å². The van der Waals surface area contributed by atoms with E-state index in [1.165, 1.54) is 0 Å². The van der Waals surface area contributed by atoms with Gasteiger partial charge in [0.05, 0.1) is 6.10 Å². The van der Waals surface area contributed by atoms with Crippen LogP contribution in [0.5, 0.6) is 0 Å². The predicted molar refractivity (Wildman–Crippen MR) is 66.0 cm³/mol. The third kappa shape index (κ3) is 3.80. The highest BCUT2D eigenvalue weighted by Crippen LogP contribution is 2.17. The van der Waals surface area contributed by atoms with Crippen molar-refractivity contribution in [3.8, 4) is 0 Å². The number of aryl methyl sites for hydroxylation is 1. The number of aromatic nitrogens is 1. The van der Waals surface area contributed by atoms with Crippen molar-refractivity contribution in [2.45, 2.75) is 26.9 Å². The van der Waals surface area contributed by atoms with Gasteiger partial charge in [0.15, 0.2) is 0 Å². The number of nitrogens with zero attached hydrogens (tertiary/aromatic N) is 1. The monoisotopic (exact) mass is 272 g/mol. The molecule has 2 N–H and O–H groups in total. The molecule has 0 bridgehead atoms. The highest BCUT2D eigenvalue weighted by atomic mass is 79.9. The molecule has 0 fully saturated rings. The first-order chi connectivity index (χ1) is 7.00. The van der Waals surface area contributed by atoms with E-state index in [2.05, 4.69) is 26.2 Å². The minimum atomic E-state index is -0.337. The van der Waals surface area contributed by atoms with Crippen molar-refractivity contribution in [1.29, 1.82) is 0 Å². The molecule has 0 amide bonds. The van der Waals surface area contributed by atoms with Gasteiger partial charge < -0.3 is 10.4 Å². The summed E-state index contributed by atoms with van der Waals surface area (Å²) >= 11 is 3.39. The van der Waals surface area contributed by atoms with E-state index in [-0.39, 0.29) is 12.0 Å². The average Bonchev–Trinajstić information content (AvgIpc) is 2.19. The standard InChI is InChI=1S/C11H17BrN2O/c1-7(2)10(15)6-14-11-4-8(3)9(12)5-13-11/h4-5,7,10,15H,6H2,1-3H3,(H,13,14). The Hall–Kier alpha value is -0.610. The van der Waals surface area contributed by atoms with Crippen molar-refractivity contribution in [1.82, 2.24) is 4.98 Å². The Labute approximate surface area is 99.1 Å². The number of anilines is 1. The molecular formula is C11H17BrN2O. The molecule has 0 aliphatic rings. The summed E-state index contributed by atoms with van der Waals surface area (Å²) in [5.74, 6) is 1.06. The summed E-state index contributed by atoms with van der Waals surface area (Å²) in [6.07, 6.45) is 1.43. The number of halogens is 1. The number of aliphatic hydroxyl groups excluding tert-OH is 1. The van der Waals surface area contributed by atoms with E-state index in [4.69, 9.17) is 0 Å². The van der Waals surface area contributed by atoms with E-state index >= 15 is 0 Å². The number of hydrogen-bond donors (Lipinski definition) is 2. The highest BCUT2D eigenvalue weighted by molar-refractivity contribution is 9.10. The largest absolute Gasteiger partial charge is 0.391 e. The number of rotatable bonds is 4. The molecule has 1 aromatic rings. The molecule has 0 aliphatic carbocycles. The fourth-order valence-electron chi connectivity index (χ4n) is 1.08. The first-order valence-corrected chi connectivity index (χ1v) is 5.84. The Morgan fingerprint density at radius 1 is 1.53 bits per heavy atom. The minimum absolute atomic E-state index is 0.258. The van der Waals surface area contributed by atoms with Crippen LogP contribution in [0.25, 0.3) is 0 Å². The minimum Gasteiger partial charge on any atom is -0.391 e. The van der Waals surface area contributed by atoms with Crippen molar-refractivity contribution >= 4 is 21.7 Å². The van der Waals surface area contributed by atoms with Gasteiger partial charge in [-0.3, -0.25) is 0 Å². The molecule has 0 saturated heterocycles. The zero-order valence-electron chi connectivity index (χ0n) is 9.29. The molecule has 84 valence electrons. The van der Waals surface area contributed by atoms with Gasteiger partial charge in [-0.05, 0) is 40.4 Å². The van der Waals surface area contributed by atoms with Gasteiger partial charge in [0, 0.05) is 17.2 Å². The molecule has 0 aromatic carbocycles. The zero-order valence-corrected chi connectivity index (χ0v) is 10.9. The normalized spacial score (nSPS) is 12.9. The Kier molecular flexibility index (Phi) is 4.54. The molecule has 1 atom stereocenters. The van der Waals surface area contributed by atoms with Gasteiger partial charge in [-0.25, -0.2) is 4.98 Å². The zero-order chi connectivity index (χ0) is 11.4. The van der Waals surface area contributed by atoms with E-state index < -0.39 is 0 Å². The molecule has 0 saturated carbocycles. The van der Waals surface area contributed by atoms with Crippen molar-refractivity contribution in [2.24, 2.45) is 5.92 Å². The molecule has 4 heteroatoms. The van der Waals surface area contributed by atoms with E-state index in [0.717, 1.165) is 15.9 Å². The smallest absolute Gasteiger partial charge is 0.126 e. The molecule has 1 rings (SSSR count). The topological polar surface area (TPSA) is 45.1 Å². The summed E-state index contributed by atoms with van der Waals surface area (Å²) in [6.45, 7) is 6.53. The molecule has 15 heavy (non-hydrogen) atoms. The van der Waals surface area contributed by atoms with E-state index in [1.54, 1.807) is 6.20 Å². The first kappa shape index (κ1) is 12.5. The summed E-state index contributed by atoms with van der Waals surface area (Å²) in [6, 6.07) is 1.96. The van der Waals surface area contributed by atoms with Gasteiger partial charge in [0.2, 0.25) is 0 Å². The van der Waals surface area contributed by atoms with Crippen LogP contribution in [0, 0.1) is 12.8 Å². The van der Waals surface area contributed by atoms with E-state index in [0.29, 0.717) is 6.54 Å². The van der Waals surface area contributed by atoms with Gasteiger partial charge >= 0.3 is 0 Å².